The maximum Gasteiger partial charge on any atom is 0.287 e. The van der Waals surface area contributed by atoms with Gasteiger partial charge in [-0.15, -0.1) is 5.11 Å². The third-order valence-corrected chi connectivity index (χ3v) is 1.74. The predicted octanol–water partition coefficient (Wildman–Crippen LogP) is 3.27. The van der Waals surface area contributed by atoms with Crippen molar-refractivity contribution in [2.75, 3.05) is 6.61 Å². The van der Waals surface area contributed by atoms with E-state index in [0.29, 0.717) is 0 Å². The normalized spacial score (nSPS) is 31.0. The first-order chi connectivity index (χ1) is 6.12. The Labute approximate surface area is 97.5 Å². The summed E-state index contributed by atoms with van der Waals surface area (Å²) in [6.45, 7) is 5.03. The number of ether oxygens (including phenoxy) is 2. The maximum atomic E-state index is 5.52. The second kappa shape index (κ2) is 3.76. The Hall–Kier alpha value is 0.390. The summed E-state index contributed by atoms with van der Waals surface area (Å²) in [7, 11) is 0. The largest absolute Gasteiger partial charge is 0.326 e. The van der Waals surface area contributed by atoms with Crippen LogP contribution < -0.4 is 0 Å². The molecule has 0 saturated heterocycles. The maximum absolute atomic E-state index is 5.52. The molecule has 0 fully saturated rings. The minimum atomic E-state index is -1.48. The van der Waals surface area contributed by atoms with E-state index < -0.39 is 15.4 Å². The van der Waals surface area contributed by atoms with Crippen molar-refractivity contribution in [1.29, 1.82) is 0 Å². The summed E-state index contributed by atoms with van der Waals surface area (Å²) in [5, 5.41) is 7.70. The molecule has 0 aromatic rings. The number of azo groups is 1. The Morgan fingerprint density at radius 3 is 2.14 bits per heavy atom. The van der Waals surface area contributed by atoms with E-state index >= 15 is 0 Å². The fraction of sp³-hybridized carbons (Fsp3) is 1.00. The second-order valence-corrected chi connectivity index (χ2v) is 6.07. The summed E-state index contributed by atoms with van der Waals surface area (Å²) in [5.74, 6) is -1.16. The Morgan fingerprint density at radius 1 is 1.21 bits per heavy atom. The lowest BCUT2D eigenvalue weighted by atomic mass is 10.3. The zero-order chi connectivity index (χ0) is 11.0. The summed E-state index contributed by atoms with van der Waals surface area (Å²) >= 11 is 16.6. The van der Waals surface area contributed by atoms with E-state index in [-0.39, 0.29) is 6.61 Å². The van der Waals surface area contributed by atoms with Crippen molar-refractivity contribution in [3.8, 4) is 0 Å². The zero-order valence-electron chi connectivity index (χ0n) is 8.05. The van der Waals surface area contributed by atoms with Crippen LogP contribution in [0.3, 0.4) is 0 Å². The van der Waals surface area contributed by atoms with Gasteiger partial charge in [-0.25, -0.2) is 0 Å². The monoisotopic (exact) mass is 260 g/mol. The smallest absolute Gasteiger partial charge is 0.287 e. The molecular weight excluding hydrogens is 250 g/mol. The predicted molar refractivity (Wildman–Crippen MR) is 54.7 cm³/mol. The summed E-state index contributed by atoms with van der Waals surface area (Å²) in [4.78, 5) is 0. The van der Waals surface area contributed by atoms with E-state index in [1.54, 1.807) is 20.8 Å². The van der Waals surface area contributed by atoms with Crippen molar-refractivity contribution in [2.45, 2.75) is 36.2 Å². The van der Waals surface area contributed by atoms with E-state index in [0.717, 1.165) is 0 Å². The molecule has 0 saturated carbocycles. The van der Waals surface area contributed by atoms with Gasteiger partial charge >= 0.3 is 0 Å². The van der Waals surface area contributed by atoms with Gasteiger partial charge < -0.3 is 9.47 Å². The van der Waals surface area contributed by atoms with Crippen LogP contribution in [0.1, 0.15) is 20.8 Å². The van der Waals surface area contributed by atoms with Crippen LogP contribution in [0.15, 0.2) is 10.2 Å². The van der Waals surface area contributed by atoms with Crippen molar-refractivity contribution < 1.29 is 9.47 Å². The SMILES string of the molecule is CC1(C)N=NC(C)(OCC(Cl)(Cl)Cl)O1. The van der Waals surface area contributed by atoms with Gasteiger partial charge in [-0.2, -0.15) is 5.11 Å². The van der Waals surface area contributed by atoms with Crippen LogP contribution in [0, 0.1) is 0 Å². The van der Waals surface area contributed by atoms with Gasteiger partial charge in [0.2, 0.25) is 3.79 Å². The van der Waals surface area contributed by atoms with Gasteiger partial charge in [-0.3, -0.25) is 0 Å². The van der Waals surface area contributed by atoms with Crippen LogP contribution in [0.5, 0.6) is 0 Å². The molecule has 0 aromatic carbocycles. The third-order valence-electron chi connectivity index (χ3n) is 1.42. The molecule has 4 nitrogen and oxygen atoms in total. The number of alkyl halides is 3. The second-order valence-electron chi connectivity index (χ2n) is 3.55. The van der Waals surface area contributed by atoms with E-state index in [2.05, 4.69) is 10.2 Å². The summed E-state index contributed by atoms with van der Waals surface area (Å²) in [6.07, 6.45) is 0. The van der Waals surface area contributed by atoms with Crippen LogP contribution in [0.4, 0.5) is 0 Å². The number of hydrogen-bond donors (Lipinski definition) is 0. The first-order valence-electron chi connectivity index (χ1n) is 3.97. The molecule has 0 aliphatic carbocycles. The van der Waals surface area contributed by atoms with Crippen molar-refractivity contribution in [2.24, 2.45) is 10.2 Å². The molecule has 1 aliphatic rings. The molecule has 0 radical (unpaired) electrons. The molecular formula is C7H11Cl3N2O2. The highest BCUT2D eigenvalue weighted by Gasteiger charge is 2.41. The lowest BCUT2D eigenvalue weighted by Gasteiger charge is -2.25. The summed E-state index contributed by atoms with van der Waals surface area (Å²) in [6, 6.07) is 0. The fourth-order valence-electron chi connectivity index (χ4n) is 0.990. The van der Waals surface area contributed by atoms with Crippen LogP contribution in [0.25, 0.3) is 0 Å². The van der Waals surface area contributed by atoms with Crippen LogP contribution in [0.2, 0.25) is 0 Å². The number of nitrogens with zero attached hydrogens (tertiary/aromatic N) is 2. The quantitative estimate of drug-likeness (QED) is 0.716. The molecule has 0 bridgehead atoms. The minimum Gasteiger partial charge on any atom is -0.326 e. The van der Waals surface area contributed by atoms with Gasteiger partial charge in [-0.1, -0.05) is 34.8 Å². The Balaban J connectivity index is 2.51. The molecule has 0 N–H and O–H groups in total. The minimum absolute atomic E-state index is 0.108. The van der Waals surface area contributed by atoms with Crippen LogP contribution in [-0.4, -0.2) is 22.0 Å². The molecule has 0 amide bonds. The van der Waals surface area contributed by atoms with Crippen molar-refractivity contribution >= 4 is 34.8 Å². The molecule has 0 aromatic heterocycles. The van der Waals surface area contributed by atoms with Crippen molar-refractivity contribution in [3.05, 3.63) is 0 Å². The van der Waals surface area contributed by atoms with Crippen molar-refractivity contribution in [1.82, 2.24) is 0 Å². The molecule has 1 heterocycles. The number of halogens is 3. The average Bonchev–Trinajstić information content (AvgIpc) is 2.22. The molecule has 1 unspecified atom stereocenters. The zero-order valence-corrected chi connectivity index (χ0v) is 10.3. The van der Waals surface area contributed by atoms with E-state index in [1.807, 2.05) is 0 Å². The Morgan fingerprint density at radius 2 is 1.79 bits per heavy atom. The summed E-state index contributed by atoms with van der Waals surface area (Å²) in [5.41, 5.74) is -0.692. The first kappa shape index (κ1) is 12.5. The van der Waals surface area contributed by atoms with Gasteiger partial charge in [0.15, 0.2) is 5.72 Å². The average molecular weight is 262 g/mol. The molecule has 7 heteroatoms. The molecule has 0 spiro atoms. The van der Waals surface area contributed by atoms with Crippen molar-refractivity contribution in [3.63, 3.8) is 0 Å². The van der Waals surface area contributed by atoms with Crippen LogP contribution in [-0.2, 0) is 9.47 Å². The fourth-order valence-corrected chi connectivity index (χ4v) is 1.15. The van der Waals surface area contributed by atoms with Gasteiger partial charge in [0.25, 0.3) is 5.91 Å². The van der Waals surface area contributed by atoms with Gasteiger partial charge in [0.05, 0.1) is 6.61 Å². The first-order valence-corrected chi connectivity index (χ1v) is 5.10. The molecule has 14 heavy (non-hydrogen) atoms. The standard InChI is InChI=1S/C7H11Cl3N2O2/c1-5(2)11-12-6(3,14-5)13-4-7(8,9)10/h4H2,1-3H3. The molecule has 1 rings (SSSR count). The van der Waals surface area contributed by atoms with E-state index in [9.17, 15) is 0 Å². The third kappa shape index (κ3) is 3.87. The van der Waals surface area contributed by atoms with Gasteiger partial charge in [-0.05, 0) is 13.8 Å². The lowest BCUT2D eigenvalue weighted by molar-refractivity contribution is -0.239. The highest BCUT2D eigenvalue weighted by molar-refractivity contribution is 6.67. The topological polar surface area (TPSA) is 43.2 Å². The van der Waals surface area contributed by atoms with E-state index in [1.165, 1.54) is 0 Å². The molecule has 82 valence electrons. The Bertz CT molecular complexity index is 252. The van der Waals surface area contributed by atoms with Gasteiger partial charge in [0, 0.05) is 6.92 Å². The Kier molecular flexibility index (Phi) is 3.34. The van der Waals surface area contributed by atoms with Crippen LogP contribution >= 0.6 is 34.8 Å². The summed E-state index contributed by atoms with van der Waals surface area (Å²) < 4.78 is 9.13. The number of hydrogen-bond acceptors (Lipinski definition) is 4. The lowest BCUT2D eigenvalue weighted by Crippen LogP contribution is -2.35. The highest BCUT2D eigenvalue weighted by atomic mass is 35.6. The van der Waals surface area contributed by atoms with Gasteiger partial charge in [0.1, 0.15) is 0 Å². The molecule has 1 atom stereocenters. The number of rotatable bonds is 2. The highest BCUT2D eigenvalue weighted by Crippen LogP contribution is 2.35. The molecule has 1 aliphatic heterocycles. The van der Waals surface area contributed by atoms with E-state index in [4.69, 9.17) is 44.3 Å².